The molecule has 0 spiro atoms. The molecule has 2 heterocycles. The highest BCUT2D eigenvalue weighted by Gasteiger charge is 2.33. The fourth-order valence-electron chi connectivity index (χ4n) is 2.53. The van der Waals surface area contributed by atoms with E-state index >= 15 is 0 Å². The molecule has 1 N–H and O–H groups in total. The predicted octanol–water partition coefficient (Wildman–Crippen LogP) is 1.07. The summed E-state index contributed by atoms with van der Waals surface area (Å²) in [5.41, 5.74) is 0.900. The highest BCUT2D eigenvalue weighted by Crippen LogP contribution is 2.19. The summed E-state index contributed by atoms with van der Waals surface area (Å²) in [6.07, 6.45) is 2.11. The molecule has 0 saturated carbocycles. The largest absolute Gasteiger partial charge is 0.480 e. The Labute approximate surface area is 120 Å². The molecule has 1 saturated heterocycles. The fourth-order valence-corrected chi connectivity index (χ4v) is 3.29. The minimum absolute atomic E-state index is 0.0143. The van der Waals surface area contributed by atoms with E-state index in [4.69, 9.17) is 5.11 Å². The molecule has 20 heavy (non-hydrogen) atoms. The number of likely N-dealkylation sites (tertiary alicyclic amines) is 1. The van der Waals surface area contributed by atoms with Gasteiger partial charge in [-0.1, -0.05) is 11.3 Å². The van der Waals surface area contributed by atoms with E-state index in [1.165, 1.54) is 4.90 Å². The molecule has 1 amide bonds. The summed E-state index contributed by atoms with van der Waals surface area (Å²) in [6.45, 7) is 2.89. The first-order valence-corrected chi connectivity index (χ1v) is 7.56. The van der Waals surface area contributed by atoms with Gasteiger partial charge in [0.1, 0.15) is 6.04 Å². The van der Waals surface area contributed by atoms with E-state index in [9.17, 15) is 14.4 Å². The highest BCUT2D eigenvalue weighted by molar-refractivity contribution is 7.07. The minimum Gasteiger partial charge on any atom is -0.480 e. The smallest absolute Gasteiger partial charge is 0.326 e. The zero-order chi connectivity index (χ0) is 14.7. The quantitative estimate of drug-likeness (QED) is 0.882. The number of rotatable bonds is 5. The Morgan fingerprint density at radius 2 is 2.25 bits per heavy atom. The number of hydrogen-bond acceptors (Lipinski definition) is 4. The van der Waals surface area contributed by atoms with Gasteiger partial charge in [0.25, 0.3) is 0 Å². The number of carbonyl (C=O) groups excluding carboxylic acids is 1. The number of hydrogen-bond donors (Lipinski definition) is 1. The Kier molecular flexibility index (Phi) is 4.59. The van der Waals surface area contributed by atoms with Crippen molar-refractivity contribution in [3.63, 3.8) is 0 Å². The van der Waals surface area contributed by atoms with E-state index in [2.05, 4.69) is 0 Å². The Hall–Kier alpha value is -1.63. The van der Waals surface area contributed by atoms with Crippen LogP contribution < -0.4 is 4.87 Å². The van der Waals surface area contributed by atoms with Crippen LogP contribution in [0.3, 0.4) is 0 Å². The summed E-state index contributed by atoms with van der Waals surface area (Å²) in [5, 5.41) is 10.8. The monoisotopic (exact) mass is 298 g/mol. The van der Waals surface area contributed by atoms with E-state index in [0.717, 1.165) is 23.5 Å². The summed E-state index contributed by atoms with van der Waals surface area (Å²) in [4.78, 5) is 36.0. The van der Waals surface area contributed by atoms with Crippen molar-refractivity contribution in [2.24, 2.45) is 0 Å². The van der Waals surface area contributed by atoms with Gasteiger partial charge in [-0.3, -0.25) is 9.59 Å². The Morgan fingerprint density at radius 3 is 2.85 bits per heavy atom. The molecule has 0 unspecified atom stereocenters. The van der Waals surface area contributed by atoms with Crippen LogP contribution in [0.4, 0.5) is 0 Å². The van der Waals surface area contributed by atoms with Crippen molar-refractivity contribution in [2.45, 2.75) is 45.2 Å². The Morgan fingerprint density at radius 1 is 1.50 bits per heavy atom. The number of aromatic nitrogens is 1. The second-order valence-electron chi connectivity index (χ2n) is 4.98. The van der Waals surface area contributed by atoms with Gasteiger partial charge >= 0.3 is 10.8 Å². The molecule has 0 aliphatic carbocycles. The zero-order valence-corrected chi connectivity index (χ0v) is 12.2. The maximum Gasteiger partial charge on any atom is 0.326 e. The topological polar surface area (TPSA) is 79.6 Å². The van der Waals surface area contributed by atoms with Crippen molar-refractivity contribution in [2.75, 3.05) is 6.54 Å². The van der Waals surface area contributed by atoms with Crippen LogP contribution in [-0.4, -0.2) is 39.0 Å². The van der Waals surface area contributed by atoms with Gasteiger partial charge in [-0.2, -0.15) is 0 Å². The molecule has 7 heteroatoms. The van der Waals surface area contributed by atoms with Gasteiger partial charge in [0.05, 0.1) is 0 Å². The first kappa shape index (κ1) is 14.8. The second-order valence-corrected chi connectivity index (χ2v) is 5.80. The Balaban J connectivity index is 1.87. The number of carbonyl (C=O) groups is 2. The maximum absolute atomic E-state index is 12.0. The summed E-state index contributed by atoms with van der Waals surface area (Å²) in [6, 6.07) is -0.673. The van der Waals surface area contributed by atoms with Gasteiger partial charge in [0, 0.05) is 30.6 Å². The van der Waals surface area contributed by atoms with E-state index < -0.39 is 12.0 Å². The van der Waals surface area contributed by atoms with E-state index in [1.807, 2.05) is 6.92 Å². The van der Waals surface area contributed by atoms with Crippen LogP contribution in [0.2, 0.25) is 0 Å². The number of carboxylic acids is 1. The van der Waals surface area contributed by atoms with Crippen LogP contribution in [0.15, 0.2) is 10.2 Å². The normalized spacial score (nSPS) is 18.4. The summed E-state index contributed by atoms with van der Waals surface area (Å²) in [5.74, 6) is -1.06. The van der Waals surface area contributed by atoms with Gasteiger partial charge in [-0.05, 0) is 26.2 Å². The first-order chi connectivity index (χ1) is 9.50. The third kappa shape index (κ3) is 3.09. The lowest BCUT2D eigenvalue weighted by atomic mass is 10.2. The average Bonchev–Trinajstić information content (AvgIpc) is 2.99. The first-order valence-electron chi connectivity index (χ1n) is 6.68. The lowest BCUT2D eigenvalue weighted by molar-refractivity contribution is -0.148. The molecule has 2 rings (SSSR count). The van der Waals surface area contributed by atoms with Crippen molar-refractivity contribution in [1.82, 2.24) is 9.47 Å². The fraction of sp³-hybridized carbons (Fsp3) is 0.615. The molecule has 0 radical (unpaired) electrons. The molecular weight excluding hydrogens is 280 g/mol. The number of amides is 1. The third-order valence-corrected chi connectivity index (χ3v) is 4.49. The SMILES string of the molecule is Cc1csc(=O)n1CCCC(=O)N1CCC[C@H]1C(=O)O. The molecule has 1 atom stereocenters. The van der Waals surface area contributed by atoms with E-state index in [0.29, 0.717) is 25.9 Å². The van der Waals surface area contributed by atoms with Gasteiger partial charge in [0.15, 0.2) is 0 Å². The maximum atomic E-state index is 12.0. The molecule has 1 aliphatic rings. The summed E-state index contributed by atoms with van der Waals surface area (Å²) < 4.78 is 1.65. The zero-order valence-electron chi connectivity index (χ0n) is 11.4. The van der Waals surface area contributed by atoms with E-state index in [-0.39, 0.29) is 17.2 Å². The van der Waals surface area contributed by atoms with Crippen LogP contribution in [-0.2, 0) is 16.1 Å². The molecule has 1 aromatic rings. The van der Waals surface area contributed by atoms with Crippen LogP contribution >= 0.6 is 11.3 Å². The molecule has 6 nitrogen and oxygen atoms in total. The van der Waals surface area contributed by atoms with Gasteiger partial charge in [-0.25, -0.2) is 4.79 Å². The van der Waals surface area contributed by atoms with Crippen LogP contribution in [0.5, 0.6) is 0 Å². The molecular formula is C13H18N2O4S. The van der Waals surface area contributed by atoms with E-state index in [1.54, 1.807) is 9.95 Å². The lowest BCUT2D eigenvalue weighted by Crippen LogP contribution is -2.40. The summed E-state index contributed by atoms with van der Waals surface area (Å²) in [7, 11) is 0. The molecule has 1 fully saturated rings. The summed E-state index contributed by atoms with van der Waals surface area (Å²) >= 11 is 1.15. The molecule has 0 aromatic carbocycles. The number of nitrogens with zero attached hydrogens (tertiary/aromatic N) is 2. The van der Waals surface area contributed by atoms with Crippen LogP contribution in [0, 0.1) is 6.92 Å². The van der Waals surface area contributed by atoms with Crippen molar-refractivity contribution in [3.8, 4) is 0 Å². The lowest BCUT2D eigenvalue weighted by Gasteiger charge is -2.21. The molecule has 1 aliphatic heterocycles. The minimum atomic E-state index is -0.930. The van der Waals surface area contributed by atoms with Gasteiger partial charge in [-0.15, -0.1) is 0 Å². The van der Waals surface area contributed by atoms with Crippen molar-refractivity contribution in [3.05, 3.63) is 20.7 Å². The van der Waals surface area contributed by atoms with Crippen molar-refractivity contribution in [1.29, 1.82) is 0 Å². The third-order valence-electron chi connectivity index (χ3n) is 3.61. The predicted molar refractivity (Wildman–Crippen MR) is 74.9 cm³/mol. The van der Waals surface area contributed by atoms with Crippen molar-refractivity contribution >= 4 is 23.2 Å². The van der Waals surface area contributed by atoms with Crippen LogP contribution in [0.1, 0.15) is 31.4 Å². The average molecular weight is 298 g/mol. The van der Waals surface area contributed by atoms with Gasteiger partial charge < -0.3 is 14.6 Å². The van der Waals surface area contributed by atoms with Crippen LogP contribution in [0.25, 0.3) is 0 Å². The molecule has 110 valence electrons. The number of carboxylic acid groups (broad SMARTS) is 1. The second kappa shape index (κ2) is 6.21. The molecule has 1 aromatic heterocycles. The van der Waals surface area contributed by atoms with Crippen molar-refractivity contribution < 1.29 is 14.7 Å². The number of aryl methyl sites for hydroxylation is 1. The standard InChI is InChI=1S/C13H18N2O4S/c1-9-8-20-13(19)14(9)6-3-5-11(16)15-7-2-4-10(15)12(17)18/h8,10H,2-7H2,1H3,(H,17,18)/t10-/m0/s1. The number of thiazole rings is 1. The number of aliphatic carboxylic acids is 1. The van der Waals surface area contributed by atoms with Gasteiger partial charge in [0.2, 0.25) is 5.91 Å². The molecule has 0 bridgehead atoms. The Bertz CT molecular complexity index is 563. The highest BCUT2D eigenvalue weighted by atomic mass is 32.1.